The predicted molar refractivity (Wildman–Crippen MR) is 115 cm³/mol. The van der Waals surface area contributed by atoms with Gasteiger partial charge in [-0.2, -0.15) is 5.26 Å². The Kier molecular flexibility index (Phi) is 5.76. The van der Waals surface area contributed by atoms with Crippen LogP contribution in [0, 0.1) is 11.3 Å². The van der Waals surface area contributed by atoms with Crippen LogP contribution >= 0.6 is 0 Å². The summed E-state index contributed by atoms with van der Waals surface area (Å²) in [4.78, 5) is 38.7. The molecule has 2 aliphatic heterocycles. The maximum absolute atomic E-state index is 12.7. The van der Waals surface area contributed by atoms with E-state index in [1.54, 1.807) is 19.1 Å². The highest BCUT2D eigenvalue weighted by Crippen LogP contribution is 2.39. The van der Waals surface area contributed by atoms with E-state index in [0.29, 0.717) is 5.58 Å². The Morgan fingerprint density at radius 2 is 2.06 bits per heavy atom. The molecule has 0 saturated carbocycles. The molecular weight excluding hydrogens is 398 g/mol. The first kappa shape index (κ1) is 20.7. The second-order valence-corrected chi connectivity index (χ2v) is 7.62. The number of esters is 1. The number of benzene rings is 1. The van der Waals surface area contributed by atoms with E-state index in [9.17, 15) is 19.6 Å². The van der Waals surface area contributed by atoms with Gasteiger partial charge in [0.2, 0.25) is 0 Å². The number of nitrogens with one attached hydrogen (secondary N) is 1. The third kappa shape index (κ3) is 4.04. The smallest absolute Gasteiger partial charge is 0.343 e. The fourth-order valence-corrected chi connectivity index (χ4v) is 4.33. The van der Waals surface area contributed by atoms with Gasteiger partial charge in [0, 0.05) is 29.7 Å². The lowest BCUT2D eigenvalue weighted by atomic mass is 9.90. The predicted octanol–water partition coefficient (Wildman–Crippen LogP) is 2.08. The number of carbonyl (C=O) groups is 2. The van der Waals surface area contributed by atoms with E-state index >= 15 is 0 Å². The van der Waals surface area contributed by atoms with Gasteiger partial charge < -0.3 is 19.4 Å². The van der Waals surface area contributed by atoms with Gasteiger partial charge >= 0.3 is 11.6 Å². The largest absolute Gasteiger partial charge is 0.465 e. The Hall–Kier alpha value is -3.60. The van der Waals surface area contributed by atoms with Gasteiger partial charge in [-0.05, 0) is 56.4 Å². The van der Waals surface area contributed by atoms with E-state index < -0.39 is 17.5 Å². The highest BCUT2D eigenvalue weighted by molar-refractivity contribution is 6.03. The molecule has 1 amide bonds. The van der Waals surface area contributed by atoms with Gasteiger partial charge in [0.15, 0.2) is 0 Å². The Bertz CT molecular complexity index is 1190. The lowest BCUT2D eigenvalue weighted by Gasteiger charge is -2.37. The minimum Gasteiger partial charge on any atom is -0.465 e. The van der Waals surface area contributed by atoms with Crippen LogP contribution in [-0.4, -0.2) is 38.1 Å². The Morgan fingerprint density at radius 3 is 2.81 bits per heavy atom. The Labute approximate surface area is 179 Å². The summed E-state index contributed by atoms with van der Waals surface area (Å²) in [6, 6.07) is 5.49. The number of hydrogen-bond donors (Lipinski definition) is 1. The fraction of sp³-hybridized carbons (Fsp3) is 0.391. The molecule has 0 saturated heterocycles. The lowest BCUT2D eigenvalue weighted by Crippen LogP contribution is -2.34. The Morgan fingerprint density at radius 1 is 1.29 bits per heavy atom. The molecule has 8 nitrogen and oxygen atoms in total. The van der Waals surface area contributed by atoms with Crippen molar-refractivity contribution in [1.82, 2.24) is 5.32 Å². The average Bonchev–Trinajstić information content (AvgIpc) is 2.77. The zero-order valence-electron chi connectivity index (χ0n) is 17.3. The quantitative estimate of drug-likeness (QED) is 0.340. The maximum Gasteiger partial charge on any atom is 0.343 e. The second-order valence-electron chi connectivity index (χ2n) is 7.62. The molecular formula is C23H23N3O5. The van der Waals surface area contributed by atoms with Crippen molar-refractivity contribution in [2.24, 2.45) is 0 Å². The summed E-state index contributed by atoms with van der Waals surface area (Å²) in [7, 11) is 0. The summed E-state index contributed by atoms with van der Waals surface area (Å²) in [5.74, 6) is -1.36. The molecule has 0 spiro atoms. The number of ether oxygens (including phenoxy) is 1. The number of aryl methyl sites for hydroxylation is 2. The Balaban J connectivity index is 1.70. The zero-order valence-corrected chi connectivity index (χ0v) is 17.3. The van der Waals surface area contributed by atoms with Crippen LogP contribution in [0.25, 0.3) is 17.0 Å². The van der Waals surface area contributed by atoms with Crippen LogP contribution in [0.2, 0.25) is 0 Å². The highest BCUT2D eigenvalue weighted by atomic mass is 16.5. The number of hydrogen-bond acceptors (Lipinski definition) is 7. The van der Waals surface area contributed by atoms with Gasteiger partial charge in [-0.3, -0.25) is 9.59 Å². The average molecular weight is 421 g/mol. The topological polar surface area (TPSA) is 113 Å². The van der Waals surface area contributed by atoms with Crippen LogP contribution in [0.4, 0.5) is 5.69 Å². The fourth-order valence-electron chi connectivity index (χ4n) is 4.33. The van der Waals surface area contributed by atoms with E-state index in [1.807, 2.05) is 6.07 Å². The van der Waals surface area contributed by atoms with Crippen LogP contribution in [-0.2, 0) is 27.2 Å². The summed E-state index contributed by atoms with van der Waals surface area (Å²) in [5, 5.41) is 12.5. The van der Waals surface area contributed by atoms with Gasteiger partial charge in [0.25, 0.3) is 5.91 Å². The van der Waals surface area contributed by atoms with Gasteiger partial charge in [0.05, 0.1) is 12.2 Å². The molecule has 0 fully saturated rings. The number of carbonyl (C=O) groups excluding carboxylic acids is 2. The number of nitriles is 1. The third-order valence-electron chi connectivity index (χ3n) is 5.61. The minimum absolute atomic E-state index is 0.117. The lowest BCUT2D eigenvalue weighted by molar-refractivity contribution is -0.143. The third-order valence-corrected chi connectivity index (χ3v) is 5.61. The minimum atomic E-state index is -0.758. The molecule has 160 valence electrons. The van der Waals surface area contributed by atoms with Gasteiger partial charge in [-0.25, -0.2) is 4.79 Å². The normalized spacial score (nSPS) is 15.2. The molecule has 2 aliphatic rings. The van der Waals surface area contributed by atoms with E-state index in [4.69, 9.17) is 9.15 Å². The molecule has 3 heterocycles. The molecule has 31 heavy (non-hydrogen) atoms. The number of fused-ring (bicyclic) bond motifs is 2. The monoisotopic (exact) mass is 421 g/mol. The van der Waals surface area contributed by atoms with Crippen molar-refractivity contribution in [3.8, 4) is 6.07 Å². The molecule has 0 bridgehead atoms. The molecule has 0 aliphatic carbocycles. The SMILES string of the molecule is CCOC(=O)CNC(=O)C(C#N)=Cc1cc2cc3c4c(c2oc1=O)CCCN4CCC3. The van der Waals surface area contributed by atoms with Crippen molar-refractivity contribution in [3.05, 3.63) is 44.8 Å². The number of anilines is 1. The zero-order chi connectivity index (χ0) is 22.0. The molecule has 1 aromatic heterocycles. The molecule has 1 aromatic carbocycles. The maximum atomic E-state index is 12.7. The van der Waals surface area contributed by atoms with Crippen molar-refractivity contribution in [2.45, 2.75) is 32.6 Å². The first-order valence-electron chi connectivity index (χ1n) is 10.4. The van der Waals surface area contributed by atoms with E-state index in [2.05, 4.69) is 10.2 Å². The summed E-state index contributed by atoms with van der Waals surface area (Å²) < 4.78 is 10.4. The molecule has 2 aromatic rings. The molecule has 0 atom stereocenters. The number of amides is 1. The number of rotatable bonds is 5. The van der Waals surface area contributed by atoms with E-state index in [0.717, 1.165) is 49.7 Å². The molecule has 0 unspecified atom stereocenters. The summed E-state index contributed by atoms with van der Waals surface area (Å²) in [5.41, 5.74) is 3.31. The van der Waals surface area contributed by atoms with Crippen LogP contribution in [0.15, 0.2) is 26.9 Å². The van der Waals surface area contributed by atoms with Crippen LogP contribution < -0.4 is 15.8 Å². The summed E-state index contributed by atoms with van der Waals surface area (Å²) in [6.45, 7) is 3.52. The standard InChI is InChI=1S/C23H23N3O5/c1-2-30-19(27)13-25-22(28)17(12-24)11-16-10-15-9-14-5-3-7-26-8-4-6-18(20(14)26)21(15)31-23(16)29/h9-11H,2-8,13H2,1H3,(H,25,28). The van der Waals surface area contributed by atoms with Crippen molar-refractivity contribution < 1.29 is 18.7 Å². The van der Waals surface area contributed by atoms with E-state index in [-0.39, 0.29) is 24.3 Å². The first-order chi connectivity index (χ1) is 15.0. The highest BCUT2D eigenvalue weighted by Gasteiger charge is 2.27. The first-order valence-corrected chi connectivity index (χ1v) is 10.4. The molecule has 0 radical (unpaired) electrons. The summed E-state index contributed by atoms with van der Waals surface area (Å²) >= 11 is 0. The van der Waals surface area contributed by atoms with Crippen molar-refractivity contribution in [2.75, 3.05) is 31.1 Å². The van der Waals surface area contributed by atoms with Crippen molar-refractivity contribution in [1.29, 1.82) is 5.26 Å². The number of nitrogens with zero attached hydrogens (tertiary/aromatic N) is 2. The molecule has 8 heteroatoms. The van der Waals surface area contributed by atoms with Crippen LogP contribution in [0.3, 0.4) is 0 Å². The van der Waals surface area contributed by atoms with Crippen LogP contribution in [0.1, 0.15) is 36.5 Å². The van der Waals surface area contributed by atoms with Crippen LogP contribution in [0.5, 0.6) is 0 Å². The molecule has 1 N–H and O–H groups in total. The van der Waals surface area contributed by atoms with Crippen molar-refractivity contribution in [3.63, 3.8) is 0 Å². The summed E-state index contributed by atoms with van der Waals surface area (Å²) in [6.07, 6.45) is 5.12. The van der Waals surface area contributed by atoms with Crippen molar-refractivity contribution >= 4 is 34.6 Å². The van der Waals surface area contributed by atoms with Gasteiger partial charge in [0.1, 0.15) is 23.8 Å². The molecule has 4 rings (SSSR count). The van der Waals surface area contributed by atoms with E-state index in [1.165, 1.54) is 17.3 Å². The van der Waals surface area contributed by atoms with Gasteiger partial charge in [-0.15, -0.1) is 0 Å². The second kappa shape index (κ2) is 8.64. The van der Waals surface area contributed by atoms with Gasteiger partial charge in [-0.1, -0.05) is 0 Å².